The molecule has 6 heteroatoms. The molecule has 0 bridgehead atoms. The molecule has 0 spiro atoms. The fourth-order valence-electron chi connectivity index (χ4n) is 2.19. The molecule has 1 aromatic rings. The van der Waals surface area contributed by atoms with Crippen molar-refractivity contribution >= 4 is 29.7 Å². The molecule has 1 aliphatic carbocycles. The van der Waals surface area contributed by atoms with Gasteiger partial charge >= 0.3 is 5.97 Å². The lowest BCUT2D eigenvalue weighted by Crippen LogP contribution is -2.42. The minimum absolute atomic E-state index is 0.198. The molecule has 0 aromatic heterocycles. The molecule has 0 saturated carbocycles. The van der Waals surface area contributed by atoms with Gasteiger partial charge in [0.1, 0.15) is 6.04 Å². The number of fused-ring (bicyclic) bond motifs is 1. The maximum atomic E-state index is 11.1. The zero-order valence-electron chi connectivity index (χ0n) is 11.5. The first kappa shape index (κ1) is 15.6. The van der Waals surface area contributed by atoms with Crippen molar-refractivity contribution < 1.29 is 19.8 Å². The Hall–Kier alpha value is -1.79. The van der Waals surface area contributed by atoms with Gasteiger partial charge in [-0.25, -0.2) is 4.79 Å². The highest BCUT2D eigenvalue weighted by molar-refractivity contribution is 8.00. The van der Waals surface area contributed by atoms with Crippen molar-refractivity contribution in [1.82, 2.24) is 5.32 Å². The standard InChI is InChI=1S/C15H17NO4S/c1-9(17)16-12(15(19)20)8-21-13-7-6-10-4-2-3-5-11(10)14(13)18/h2-7,12-14,18H,8H2,1H3,(H,16,17)(H,19,20)/t12-,13-,14-/m0/s1. The van der Waals surface area contributed by atoms with Gasteiger partial charge < -0.3 is 15.5 Å². The molecule has 0 unspecified atom stereocenters. The van der Waals surface area contributed by atoms with E-state index in [-0.39, 0.29) is 16.9 Å². The van der Waals surface area contributed by atoms with Crippen molar-refractivity contribution in [3.8, 4) is 0 Å². The largest absolute Gasteiger partial charge is 0.480 e. The van der Waals surface area contributed by atoms with E-state index in [0.29, 0.717) is 0 Å². The van der Waals surface area contributed by atoms with Gasteiger partial charge in [-0.1, -0.05) is 36.4 Å². The Balaban J connectivity index is 2.01. The van der Waals surface area contributed by atoms with E-state index in [9.17, 15) is 14.7 Å². The van der Waals surface area contributed by atoms with Gasteiger partial charge in [-0.3, -0.25) is 4.79 Å². The van der Waals surface area contributed by atoms with Crippen LogP contribution in [-0.4, -0.2) is 39.1 Å². The van der Waals surface area contributed by atoms with E-state index in [1.165, 1.54) is 18.7 Å². The Morgan fingerprint density at radius 2 is 2.10 bits per heavy atom. The number of rotatable bonds is 5. The lowest BCUT2D eigenvalue weighted by molar-refractivity contribution is -0.140. The van der Waals surface area contributed by atoms with Gasteiger partial charge in [0, 0.05) is 12.7 Å². The maximum Gasteiger partial charge on any atom is 0.327 e. The summed E-state index contributed by atoms with van der Waals surface area (Å²) in [4.78, 5) is 22.1. The third-order valence-corrected chi connectivity index (χ3v) is 4.55. The predicted octanol–water partition coefficient (Wildman–Crippen LogP) is 1.44. The Labute approximate surface area is 127 Å². The molecule has 21 heavy (non-hydrogen) atoms. The second kappa shape index (κ2) is 6.78. The van der Waals surface area contributed by atoms with Crippen LogP contribution < -0.4 is 5.32 Å². The molecule has 0 aliphatic heterocycles. The number of aliphatic hydroxyl groups is 1. The summed E-state index contributed by atoms with van der Waals surface area (Å²) in [5.41, 5.74) is 1.81. The van der Waals surface area contributed by atoms with Crippen LogP contribution in [0.5, 0.6) is 0 Å². The smallest absolute Gasteiger partial charge is 0.327 e. The topological polar surface area (TPSA) is 86.6 Å². The van der Waals surface area contributed by atoms with Gasteiger partial charge in [-0.2, -0.15) is 0 Å². The van der Waals surface area contributed by atoms with Crippen LogP contribution in [0.4, 0.5) is 0 Å². The Kier molecular flexibility index (Phi) is 5.03. The van der Waals surface area contributed by atoms with Crippen molar-refractivity contribution in [3.63, 3.8) is 0 Å². The number of carbonyl (C=O) groups excluding carboxylic acids is 1. The summed E-state index contributed by atoms with van der Waals surface area (Å²) in [6.07, 6.45) is 3.11. The molecule has 0 saturated heterocycles. The summed E-state index contributed by atoms with van der Waals surface area (Å²) in [5, 5.41) is 21.6. The first-order chi connectivity index (χ1) is 9.99. The summed E-state index contributed by atoms with van der Waals surface area (Å²) >= 11 is 1.32. The highest BCUT2D eigenvalue weighted by Crippen LogP contribution is 2.34. The number of amides is 1. The van der Waals surface area contributed by atoms with Crippen LogP contribution in [0.3, 0.4) is 0 Å². The first-order valence-electron chi connectivity index (χ1n) is 6.55. The van der Waals surface area contributed by atoms with Crippen LogP contribution in [-0.2, 0) is 9.59 Å². The van der Waals surface area contributed by atoms with E-state index in [1.807, 2.05) is 36.4 Å². The summed E-state index contributed by atoms with van der Waals surface area (Å²) in [7, 11) is 0. The van der Waals surface area contributed by atoms with Crippen LogP contribution in [0.1, 0.15) is 24.2 Å². The number of nitrogens with one attached hydrogen (secondary N) is 1. The fraction of sp³-hybridized carbons (Fsp3) is 0.333. The highest BCUT2D eigenvalue weighted by atomic mass is 32.2. The van der Waals surface area contributed by atoms with E-state index < -0.39 is 18.1 Å². The molecule has 2 rings (SSSR count). The number of carboxylic acid groups (broad SMARTS) is 1. The number of carboxylic acids is 1. The molecular weight excluding hydrogens is 290 g/mol. The molecule has 3 N–H and O–H groups in total. The molecular formula is C15H17NO4S. The molecule has 1 aliphatic rings. The second-order valence-corrected chi connectivity index (χ2v) is 6.03. The normalized spacial score (nSPS) is 21.4. The molecule has 0 heterocycles. The number of aliphatic hydroxyl groups excluding tert-OH is 1. The van der Waals surface area contributed by atoms with Crippen molar-refractivity contribution in [2.75, 3.05) is 5.75 Å². The average molecular weight is 307 g/mol. The number of hydrogen-bond donors (Lipinski definition) is 3. The van der Waals surface area contributed by atoms with Crippen molar-refractivity contribution in [1.29, 1.82) is 0 Å². The lowest BCUT2D eigenvalue weighted by atomic mass is 9.95. The third-order valence-electron chi connectivity index (χ3n) is 3.22. The van der Waals surface area contributed by atoms with Crippen LogP contribution in [0.15, 0.2) is 30.3 Å². The fourth-order valence-corrected chi connectivity index (χ4v) is 3.35. The van der Waals surface area contributed by atoms with Gasteiger partial charge in [0.15, 0.2) is 0 Å². The quantitative estimate of drug-likeness (QED) is 0.766. The number of hydrogen-bond acceptors (Lipinski definition) is 4. The summed E-state index contributed by atoms with van der Waals surface area (Å²) < 4.78 is 0. The van der Waals surface area contributed by atoms with Crippen molar-refractivity contribution in [2.24, 2.45) is 0 Å². The molecule has 1 amide bonds. The predicted molar refractivity (Wildman–Crippen MR) is 81.9 cm³/mol. The SMILES string of the molecule is CC(=O)N[C@@H](CS[C@H]1C=Cc2ccccc2[C@@H]1O)C(=O)O. The van der Waals surface area contributed by atoms with Gasteiger partial charge in [-0.15, -0.1) is 11.8 Å². The first-order valence-corrected chi connectivity index (χ1v) is 7.60. The Morgan fingerprint density at radius 1 is 1.38 bits per heavy atom. The van der Waals surface area contributed by atoms with E-state index in [4.69, 9.17) is 5.11 Å². The summed E-state index contributed by atoms with van der Waals surface area (Å²) in [6.45, 7) is 1.28. The van der Waals surface area contributed by atoms with Gasteiger partial charge in [-0.05, 0) is 11.1 Å². The Bertz CT molecular complexity index is 573. The molecule has 0 radical (unpaired) electrons. The van der Waals surface area contributed by atoms with E-state index in [0.717, 1.165) is 11.1 Å². The lowest BCUT2D eigenvalue weighted by Gasteiger charge is -2.26. The van der Waals surface area contributed by atoms with Crippen LogP contribution in [0.2, 0.25) is 0 Å². The Morgan fingerprint density at radius 3 is 2.76 bits per heavy atom. The van der Waals surface area contributed by atoms with Gasteiger partial charge in [0.2, 0.25) is 5.91 Å². The molecule has 0 fully saturated rings. The molecule has 3 atom stereocenters. The number of carbonyl (C=O) groups is 2. The summed E-state index contributed by atoms with van der Waals surface area (Å²) in [5.74, 6) is -1.26. The minimum Gasteiger partial charge on any atom is -0.480 e. The molecule has 112 valence electrons. The van der Waals surface area contributed by atoms with E-state index in [2.05, 4.69) is 5.32 Å². The minimum atomic E-state index is -1.08. The van der Waals surface area contributed by atoms with Gasteiger partial charge in [0.25, 0.3) is 0 Å². The van der Waals surface area contributed by atoms with E-state index >= 15 is 0 Å². The van der Waals surface area contributed by atoms with Crippen molar-refractivity contribution in [2.45, 2.75) is 24.3 Å². The van der Waals surface area contributed by atoms with Crippen LogP contribution >= 0.6 is 11.8 Å². The third kappa shape index (κ3) is 3.86. The highest BCUT2D eigenvalue weighted by Gasteiger charge is 2.27. The number of thioether (sulfide) groups is 1. The van der Waals surface area contributed by atoms with Crippen LogP contribution in [0.25, 0.3) is 6.08 Å². The maximum absolute atomic E-state index is 11.1. The second-order valence-electron chi connectivity index (χ2n) is 4.82. The van der Waals surface area contributed by atoms with Crippen LogP contribution in [0, 0.1) is 0 Å². The monoisotopic (exact) mass is 307 g/mol. The average Bonchev–Trinajstić information content (AvgIpc) is 2.45. The molecule has 5 nitrogen and oxygen atoms in total. The van der Waals surface area contributed by atoms with Gasteiger partial charge in [0.05, 0.1) is 11.4 Å². The summed E-state index contributed by atoms with van der Waals surface area (Å²) in [6, 6.07) is 6.60. The number of benzene rings is 1. The van der Waals surface area contributed by atoms with Crippen molar-refractivity contribution in [3.05, 3.63) is 41.5 Å². The number of aliphatic carboxylic acids is 1. The molecule has 1 aromatic carbocycles. The zero-order chi connectivity index (χ0) is 15.4. The zero-order valence-corrected chi connectivity index (χ0v) is 12.3. The van der Waals surface area contributed by atoms with E-state index in [1.54, 1.807) is 0 Å².